The molecule has 0 heterocycles. The van der Waals surface area contributed by atoms with Crippen molar-refractivity contribution in [3.8, 4) is 5.75 Å². The first-order valence-electron chi connectivity index (χ1n) is 4.28. The Morgan fingerprint density at radius 2 is 2.21 bits per heavy atom. The van der Waals surface area contributed by atoms with Crippen LogP contribution in [0.3, 0.4) is 0 Å². The number of rotatable bonds is 4. The Labute approximate surface area is 90.8 Å². The van der Waals surface area contributed by atoms with E-state index in [1.165, 1.54) is 12.1 Å². The molecule has 3 nitrogen and oxygen atoms in total. The van der Waals surface area contributed by atoms with E-state index in [1.54, 1.807) is 6.07 Å². The fourth-order valence-corrected chi connectivity index (χ4v) is 1.46. The van der Waals surface area contributed by atoms with Crippen LogP contribution in [0, 0.1) is 0 Å². The van der Waals surface area contributed by atoms with Crippen LogP contribution in [0.1, 0.15) is 23.7 Å². The van der Waals surface area contributed by atoms with Gasteiger partial charge in [-0.25, -0.2) is 0 Å². The normalized spacial score (nSPS) is 9.86. The molecule has 4 heteroatoms. The maximum Gasteiger partial charge on any atom is 0.121 e. The van der Waals surface area contributed by atoms with Crippen LogP contribution in [0.15, 0.2) is 22.7 Å². The highest BCUT2D eigenvalue weighted by atomic mass is 79.9. The van der Waals surface area contributed by atoms with Crippen LogP contribution in [-0.2, 0) is 0 Å². The standard InChI is InChI=1S/C10H11BrO3/c1-2-3-14-9-5-7(10(12)13)4-8(11)6-9/h4-6H,2-3H2,1H3,(H,12,13)/p-1. The minimum absolute atomic E-state index is 0.116. The van der Waals surface area contributed by atoms with E-state index in [1.807, 2.05) is 6.92 Å². The highest BCUT2D eigenvalue weighted by Gasteiger charge is 2.00. The summed E-state index contributed by atoms with van der Waals surface area (Å²) >= 11 is 3.20. The molecule has 0 fully saturated rings. The molecule has 0 aromatic heterocycles. The summed E-state index contributed by atoms with van der Waals surface area (Å²) < 4.78 is 5.98. The Balaban J connectivity index is 2.89. The predicted molar refractivity (Wildman–Crippen MR) is 54.3 cm³/mol. The summed E-state index contributed by atoms with van der Waals surface area (Å²) in [6.45, 7) is 2.56. The van der Waals surface area contributed by atoms with Gasteiger partial charge in [-0.15, -0.1) is 0 Å². The molecule has 0 bridgehead atoms. The Morgan fingerprint density at radius 3 is 2.79 bits per heavy atom. The smallest absolute Gasteiger partial charge is 0.121 e. The number of halogens is 1. The summed E-state index contributed by atoms with van der Waals surface area (Å²) in [4.78, 5) is 10.6. The molecule has 0 saturated heterocycles. The van der Waals surface area contributed by atoms with Crippen LogP contribution in [0.5, 0.6) is 5.75 Å². The van der Waals surface area contributed by atoms with Gasteiger partial charge in [0.25, 0.3) is 0 Å². The molecule has 14 heavy (non-hydrogen) atoms. The molecule has 1 aromatic rings. The predicted octanol–water partition coefficient (Wildman–Crippen LogP) is 1.60. The molecular formula is C10H10BrO3-. The zero-order valence-corrected chi connectivity index (χ0v) is 9.33. The van der Waals surface area contributed by atoms with Crippen LogP contribution in [0.25, 0.3) is 0 Å². The molecule has 0 unspecified atom stereocenters. The largest absolute Gasteiger partial charge is 0.545 e. The van der Waals surface area contributed by atoms with Gasteiger partial charge in [-0.3, -0.25) is 0 Å². The van der Waals surface area contributed by atoms with Gasteiger partial charge in [0.2, 0.25) is 0 Å². The highest BCUT2D eigenvalue weighted by molar-refractivity contribution is 9.10. The van der Waals surface area contributed by atoms with E-state index in [0.29, 0.717) is 16.8 Å². The average molecular weight is 258 g/mol. The van der Waals surface area contributed by atoms with Gasteiger partial charge in [-0.05, 0) is 24.6 Å². The second kappa shape index (κ2) is 5.00. The Hall–Kier alpha value is -1.03. The summed E-state index contributed by atoms with van der Waals surface area (Å²) in [7, 11) is 0. The quantitative estimate of drug-likeness (QED) is 0.824. The summed E-state index contributed by atoms with van der Waals surface area (Å²) in [6.07, 6.45) is 0.882. The van der Waals surface area contributed by atoms with Crippen molar-refractivity contribution in [1.82, 2.24) is 0 Å². The first-order valence-corrected chi connectivity index (χ1v) is 5.07. The van der Waals surface area contributed by atoms with Gasteiger partial charge in [-0.1, -0.05) is 22.9 Å². The topological polar surface area (TPSA) is 49.4 Å². The molecule has 0 aliphatic rings. The van der Waals surface area contributed by atoms with Crippen molar-refractivity contribution in [2.24, 2.45) is 0 Å². The lowest BCUT2D eigenvalue weighted by molar-refractivity contribution is -0.255. The van der Waals surface area contributed by atoms with E-state index >= 15 is 0 Å². The lowest BCUT2D eigenvalue weighted by Crippen LogP contribution is -2.22. The van der Waals surface area contributed by atoms with E-state index in [9.17, 15) is 9.90 Å². The van der Waals surface area contributed by atoms with Crippen molar-refractivity contribution < 1.29 is 14.6 Å². The van der Waals surface area contributed by atoms with E-state index in [2.05, 4.69) is 15.9 Å². The second-order valence-electron chi connectivity index (χ2n) is 2.81. The van der Waals surface area contributed by atoms with Gasteiger partial charge in [0.15, 0.2) is 0 Å². The van der Waals surface area contributed by atoms with Gasteiger partial charge in [-0.2, -0.15) is 0 Å². The average Bonchev–Trinajstić information content (AvgIpc) is 2.14. The first kappa shape index (κ1) is 11.0. The van der Waals surface area contributed by atoms with E-state index in [-0.39, 0.29) is 5.56 Å². The minimum Gasteiger partial charge on any atom is -0.545 e. The third-order valence-electron chi connectivity index (χ3n) is 1.58. The van der Waals surface area contributed by atoms with Crippen molar-refractivity contribution in [1.29, 1.82) is 0 Å². The summed E-state index contributed by atoms with van der Waals surface area (Å²) in [5.41, 5.74) is 0.116. The maximum absolute atomic E-state index is 10.6. The molecule has 76 valence electrons. The van der Waals surface area contributed by atoms with Gasteiger partial charge in [0.05, 0.1) is 12.6 Å². The summed E-state index contributed by atoms with van der Waals surface area (Å²) in [6, 6.07) is 4.66. The number of carboxylic acid groups (broad SMARTS) is 1. The lowest BCUT2D eigenvalue weighted by atomic mass is 10.2. The zero-order chi connectivity index (χ0) is 10.6. The van der Waals surface area contributed by atoms with Crippen molar-refractivity contribution in [3.05, 3.63) is 28.2 Å². The number of ether oxygens (including phenoxy) is 1. The molecule has 0 amide bonds. The lowest BCUT2D eigenvalue weighted by Gasteiger charge is -2.08. The molecule has 1 rings (SSSR count). The fourth-order valence-electron chi connectivity index (χ4n) is 0.984. The zero-order valence-electron chi connectivity index (χ0n) is 7.75. The van der Waals surface area contributed by atoms with Crippen molar-refractivity contribution >= 4 is 21.9 Å². The number of carboxylic acids is 1. The van der Waals surface area contributed by atoms with Gasteiger partial charge >= 0.3 is 0 Å². The SMILES string of the molecule is CCCOc1cc(Br)cc(C(=O)[O-])c1. The third-order valence-corrected chi connectivity index (χ3v) is 2.04. The van der Waals surface area contributed by atoms with E-state index < -0.39 is 5.97 Å². The van der Waals surface area contributed by atoms with Gasteiger partial charge in [0.1, 0.15) is 5.75 Å². The number of hydrogen-bond acceptors (Lipinski definition) is 3. The van der Waals surface area contributed by atoms with E-state index in [0.717, 1.165) is 6.42 Å². The molecule has 0 atom stereocenters. The minimum atomic E-state index is -1.20. The monoisotopic (exact) mass is 257 g/mol. The van der Waals surface area contributed by atoms with Crippen molar-refractivity contribution in [2.45, 2.75) is 13.3 Å². The summed E-state index contributed by atoms with van der Waals surface area (Å²) in [5.74, 6) is -0.659. The van der Waals surface area contributed by atoms with Crippen molar-refractivity contribution in [2.75, 3.05) is 6.61 Å². The molecule has 0 spiro atoms. The fraction of sp³-hybridized carbons (Fsp3) is 0.300. The molecule has 0 aliphatic heterocycles. The Kier molecular flexibility index (Phi) is 3.95. The first-order chi connectivity index (χ1) is 6.63. The number of aromatic carboxylic acids is 1. The van der Waals surface area contributed by atoms with Crippen LogP contribution >= 0.6 is 15.9 Å². The van der Waals surface area contributed by atoms with Crippen LogP contribution in [-0.4, -0.2) is 12.6 Å². The maximum atomic E-state index is 10.6. The number of carbonyl (C=O) groups excluding carboxylic acids is 1. The Morgan fingerprint density at radius 1 is 1.50 bits per heavy atom. The van der Waals surface area contributed by atoms with Crippen molar-refractivity contribution in [3.63, 3.8) is 0 Å². The Bertz CT molecular complexity index is 336. The molecule has 1 aromatic carbocycles. The molecular weight excluding hydrogens is 248 g/mol. The van der Waals surface area contributed by atoms with Gasteiger partial charge < -0.3 is 14.6 Å². The molecule has 0 saturated carbocycles. The van der Waals surface area contributed by atoms with Crippen LogP contribution in [0.2, 0.25) is 0 Å². The number of carbonyl (C=O) groups is 1. The molecule has 0 radical (unpaired) electrons. The van der Waals surface area contributed by atoms with Crippen LogP contribution < -0.4 is 9.84 Å². The number of hydrogen-bond donors (Lipinski definition) is 0. The van der Waals surface area contributed by atoms with Gasteiger partial charge in [0, 0.05) is 10.0 Å². The highest BCUT2D eigenvalue weighted by Crippen LogP contribution is 2.21. The third kappa shape index (κ3) is 3.03. The molecule has 0 N–H and O–H groups in total. The second-order valence-corrected chi connectivity index (χ2v) is 3.73. The number of benzene rings is 1. The van der Waals surface area contributed by atoms with Crippen LogP contribution in [0.4, 0.5) is 0 Å². The summed E-state index contributed by atoms with van der Waals surface area (Å²) in [5, 5.41) is 10.6. The molecule has 0 aliphatic carbocycles. The van der Waals surface area contributed by atoms with E-state index in [4.69, 9.17) is 4.74 Å².